The van der Waals surface area contributed by atoms with Crippen LogP contribution in [0.1, 0.15) is 10.4 Å². The molecule has 0 aliphatic carbocycles. The highest BCUT2D eigenvalue weighted by molar-refractivity contribution is 14.1. The molecule has 0 radical (unpaired) electrons. The molecule has 2 rings (SSSR count). The molecule has 0 saturated heterocycles. The van der Waals surface area contributed by atoms with Crippen LogP contribution in [-0.2, 0) is 0 Å². The predicted molar refractivity (Wildman–Crippen MR) is 71.3 cm³/mol. The van der Waals surface area contributed by atoms with Crippen LogP contribution in [0.3, 0.4) is 0 Å². The van der Waals surface area contributed by atoms with Crippen LogP contribution < -0.4 is 5.32 Å². The van der Waals surface area contributed by atoms with E-state index >= 15 is 0 Å². The van der Waals surface area contributed by atoms with Crippen molar-refractivity contribution in [2.75, 3.05) is 5.32 Å². The van der Waals surface area contributed by atoms with E-state index in [0.29, 0.717) is 5.69 Å². The number of rotatable bonds is 2. The van der Waals surface area contributed by atoms with Crippen LogP contribution in [-0.4, -0.2) is 10.9 Å². The molecule has 0 atom stereocenters. The van der Waals surface area contributed by atoms with Gasteiger partial charge in [-0.25, -0.2) is 4.98 Å². The van der Waals surface area contributed by atoms with Gasteiger partial charge in [-0.05, 0) is 46.9 Å². The summed E-state index contributed by atoms with van der Waals surface area (Å²) in [6, 6.07) is 10.2. The van der Waals surface area contributed by atoms with Gasteiger partial charge in [-0.1, -0.05) is 12.1 Å². The molecular formula is C12H8FIN2O. The summed E-state index contributed by atoms with van der Waals surface area (Å²) in [6.07, 6.45) is 1.30. The molecule has 86 valence electrons. The van der Waals surface area contributed by atoms with Crippen LogP contribution >= 0.6 is 22.6 Å². The summed E-state index contributed by atoms with van der Waals surface area (Å²) in [5.74, 6) is -1.27. The summed E-state index contributed by atoms with van der Waals surface area (Å²) in [7, 11) is 0. The summed E-state index contributed by atoms with van der Waals surface area (Å²) in [6.45, 7) is 0. The van der Waals surface area contributed by atoms with E-state index in [1.165, 1.54) is 18.3 Å². The third-order valence-electron chi connectivity index (χ3n) is 2.13. The Hall–Kier alpha value is -1.50. The van der Waals surface area contributed by atoms with E-state index in [4.69, 9.17) is 0 Å². The molecule has 17 heavy (non-hydrogen) atoms. The van der Waals surface area contributed by atoms with Gasteiger partial charge in [0.15, 0.2) is 0 Å². The van der Waals surface area contributed by atoms with Crippen LogP contribution in [0.4, 0.5) is 10.1 Å². The highest BCUT2D eigenvalue weighted by atomic mass is 127. The fourth-order valence-corrected chi connectivity index (χ4v) is 1.83. The van der Waals surface area contributed by atoms with Crippen LogP contribution in [0.5, 0.6) is 0 Å². The Bertz CT molecular complexity index is 560. The van der Waals surface area contributed by atoms with Crippen LogP contribution in [0.25, 0.3) is 0 Å². The van der Waals surface area contributed by atoms with E-state index in [0.717, 1.165) is 3.57 Å². The molecular weight excluding hydrogens is 334 g/mol. The first kappa shape index (κ1) is 12.0. The van der Waals surface area contributed by atoms with Gasteiger partial charge in [-0.15, -0.1) is 0 Å². The Morgan fingerprint density at radius 1 is 1.24 bits per heavy atom. The fraction of sp³-hybridized carbons (Fsp3) is 0. The number of amides is 1. The van der Waals surface area contributed by atoms with Gasteiger partial charge < -0.3 is 5.32 Å². The van der Waals surface area contributed by atoms with Crippen molar-refractivity contribution in [3.8, 4) is 0 Å². The molecule has 0 aliphatic rings. The van der Waals surface area contributed by atoms with Crippen LogP contribution in [0.15, 0.2) is 42.6 Å². The maximum atomic E-state index is 13.3. The summed E-state index contributed by atoms with van der Waals surface area (Å²) in [4.78, 5) is 15.2. The van der Waals surface area contributed by atoms with Crippen LogP contribution in [0, 0.1) is 9.52 Å². The quantitative estimate of drug-likeness (QED) is 0.673. The summed E-state index contributed by atoms with van der Waals surface area (Å²) in [5.41, 5.74) is 0.591. The Kier molecular flexibility index (Phi) is 3.68. The first-order valence-corrected chi connectivity index (χ1v) is 5.93. The lowest BCUT2D eigenvalue weighted by molar-refractivity contribution is 0.102. The lowest BCUT2D eigenvalue weighted by Gasteiger charge is -2.07. The zero-order valence-electron chi connectivity index (χ0n) is 8.65. The van der Waals surface area contributed by atoms with Crippen molar-refractivity contribution in [2.45, 2.75) is 0 Å². The van der Waals surface area contributed by atoms with E-state index in [1.807, 2.05) is 12.1 Å². The van der Waals surface area contributed by atoms with Gasteiger partial charge in [0.25, 0.3) is 5.91 Å². The number of aromatic nitrogens is 1. The fourth-order valence-electron chi connectivity index (χ4n) is 1.31. The zero-order valence-corrected chi connectivity index (χ0v) is 10.8. The van der Waals surface area contributed by atoms with Gasteiger partial charge in [0.2, 0.25) is 5.95 Å². The molecule has 1 aromatic carbocycles. The second-order valence-corrected chi connectivity index (χ2v) is 4.44. The third kappa shape index (κ3) is 2.79. The van der Waals surface area contributed by atoms with Crippen molar-refractivity contribution < 1.29 is 9.18 Å². The number of anilines is 1. The van der Waals surface area contributed by atoms with E-state index in [1.54, 1.807) is 12.1 Å². The molecule has 3 nitrogen and oxygen atoms in total. The minimum atomic E-state index is -0.768. The van der Waals surface area contributed by atoms with Crippen molar-refractivity contribution in [3.05, 3.63) is 57.7 Å². The molecule has 0 saturated carbocycles. The van der Waals surface area contributed by atoms with Gasteiger partial charge in [-0.3, -0.25) is 4.79 Å². The second-order valence-electron chi connectivity index (χ2n) is 3.28. The number of carbonyl (C=O) groups is 1. The average molecular weight is 342 g/mol. The maximum Gasteiger partial charge on any atom is 0.260 e. The van der Waals surface area contributed by atoms with Gasteiger partial charge in [0, 0.05) is 9.77 Å². The normalized spacial score (nSPS) is 10.0. The molecule has 5 heteroatoms. The SMILES string of the molecule is O=C(Nc1ccccc1I)c1cccnc1F. The number of hydrogen-bond donors (Lipinski definition) is 1. The third-order valence-corrected chi connectivity index (χ3v) is 3.07. The standard InChI is InChI=1S/C12H8FIN2O/c13-11-8(4-3-7-15-11)12(17)16-10-6-2-1-5-9(10)14/h1-7H,(H,16,17). The lowest BCUT2D eigenvalue weighted by atomic mass is 10.2. The molecule has 0 bridgehead atoms. The number of hydrogen-bond acceptors (Lipinski definition) is 2. The molecule has 2 aromatic rings. The van der Waals surface area contributed by atoms with E-state index < -0.39 is 11.9 Å². The van der Waals surface area contributed by atoms with Crippen molar-refractivity contribution >= 4 is 34.2 Å². The number of halogens is 2. The van der Waals surface area contributed by atoms with Gasteiger partial charge in [-0.2, -0.15) is 4.39 Å². The highest BCUT2D eigenvalue weighted by Crippen LogP contribution is 2.18. The number of para-hydroxylation sites is 1. The molecule has 1 N–H and O–H groups in total. The minimum Gasteiger partial charge on any atom is -0.321 e. The number of pyridine rings is 1. The number of benzene rings is 1. The van der Waals surface area contributed by atoms with Crippen molar-refractivity contribution in [3.63, 3.8) is 0 Å². The van der Waals surface area contributed by atoms with Gasteiger partial charge in [0.1, 0.15) is 0 Å². The molecule has 1 heterocycles. The Morgan fingerprint density at radius 3 is 2.71 bits per heavy atom. The minimum absolute atomic E-state index is 0.0628. The molecule has 0 spiro atoms. The van der Waals surface area contributed by atoms with Gasteiger partial charge >= 0.3 is 0 Å². The summed E-state index contributed by atoms with van der Waals surface area (Å²) >= 11 is 2.10. The first-order valence-electron chi connectivity index (χ1n) is 4.85. The second kappa shape index (κ2) is 5.22. The topological polar surface area (TPSA) is 42.0 Å². The zero-order chi connectivity index (χ0) is 12.3. The van der Waals surface area contributed by atoms with Crippen LogP contribution in [0.2, 0.25) is 0 Å². The largest absolute Gasteiger partial charge is 0.321 e. The van der Waals surface area contributed by atoms with Crippen molar-refractivity contribution in [1.29, 1.82) is 0 Å². The van der Waals surface area contributed by atoms with E-state index in [2.05, 4.69) is 32.9 Å². The highest BCUT2D eigenvalue weighted by Gasteiger charge is 2.12. The van der Waals surface area contributed by atoms with E-state index in [9.17, 15) is 9.18 Å². The Balaban J connectivity index is 2.24. The molecule has 1 aromatic heterocycles. The Morgan fingerprint density at radius 2 is 2.00 bits per heavy atom. The predicted octanol–water partition coefficient (Wildman–Crippen LogP) is 3.08. The molecule has 0 fully saturated rings. The molecule has 1 amide bonds. The Labute approximate surface area is 111 Å². The van der Waals surface area contributed by atoms with E-state index in [-0.39, 0.29) is 5.56 Å². The monoisotopic (exact) mass is 342 g/mol. The molecule has 0 unspecified atom stereocenters. The summed E-state index contributed by atoms with van der Waals surface area (Å²) < 4.78 is 14.2. The maximum absolute atomic E-state index is 13.3. The average Bonchev–Trinajstić information content (AvgIpc) is 2.32. The smallest absolute Gasteiger partial charge is 0.260 e. The number of nitrogens with one attached hydrogen (secondary N) is 1. The van der Waals surface area contributed by atoms with Crippen molar-refractivity contribution in [1.82, 2.24) is 4.98 Å². The lowest BCUT2D eigenvalue weighted by Crippen LogP contribution is -2.15. The van der Waals surface area contributed by atoms with Gasteiger partial charge in [0.05, 0.1) is 11.3 Å². The molecule has 0 aliphatic heterocycles. The number of carbonyl (C=O) groups excluding carboxylic acids is 1. The first-order chi connectivity index (χ1) is 8.18. The van der Waals surface area contributed by atoms with Crippen molar-refractivity contribution in [2.24, 2.45) is 0 Å². The summed E-state index contributed by atoms with van der Waals surface area (Å²) in [5, 5.41) is 2.64. The number of nitrogens with zero attached hydrogens (tertiary/aromatic N) is 1.